The van der Waals surface area contributed by atoms with Gasteiger partial charge < -0.3 is 19.7 Å². The van der Waals surface area contributed by atoms with Crippen molar-refractivity contribution in [2.24, 2.45) is 5.92 Å². The van der Waals surface area contributed by atoms with Gasteiger partial charge in [-0.25, -0.2) is 4.98 Å². The number of carbonyl (C=O) groups is 2. The number of thiazole rings is 1. The number of hydrogen-bond acceptors (Lipinski definition) is 6. The zero-order valence-electron chi connectivity index (χ0n) is 19.1. The van der Waals surface area contributed by atoms with Crippen LogP contribution in [0.15, 0.2) is 46.5 Å². The fourth-order valence-corrected chi connectivity index (χ4v) is 5.19. The standard InChI is InChI=1S/C25H29N3O4S/c1-15(2)22(21-11-19(29)13-32-21)25(31)28-10-4-5-20(28)24(30)26-12-17-6-8-18(9-7-17)23-16(3)27-14-33-23/h6-9,11,13-15,20,22,29H,4-5,10,12H2,1-3H3,(H,26,30)/t20-,22?/m0/s1. The van der Waals surface area contributed by atoms with Crippen LogP contribution in [0.1, 0.15) is 49.6 Å². The van der Waals surface area contributed by atoms with Crippen LogP contribution in [-0.2, 0) is 16.1 Å². The third-order valence-corrected chi connectivity index (χ3v) is 7.09. The molecule has 174 valence electrons. The van der Waals surface area contributed by atoms with Gasteiger partial charge in [-0.05, 0) is 36.8 Å². The van der Waals surface area contributed by atoms with Crippen molar-refractivity contribution in [3.05, 3.63) is 59.1 Å². The highest BCUT2D eigenvalue weighted by Crippen LogP contribution is 2.33. The molecule has 1 saturated heterocycles. The lowest BCUT2D eigenvalue weighted by atomic mass is 9.91. The number of aryl methyl sites for hydroxylation is 1. The van der Waals surface area contributed by atoms with Crippen molar-refractivity contribution in [2.75, 3.05) is 6.54 Å². The highest BCUT2D eigenvalue weighted by molar-refractivity contribution is 7.13. The molecule has 0 bridgehead atoms. The topological polar surface area (TPSA) is 95.7 Å². The molecule has 33 heavy (non-hydrogen) atoms. The third kappa shape index (κ3) is 4.95. The first-order valence-electron chi connectivity index (χ1n) is 11.2. The number of likely N-dealkylation sites (tertiary alicyclic amines) is 1. The number of rotatable bonds is 7. The molecule has 1 fully saturated rings. The summed E-state index contributed by atoms with van der Waals surface area (Å²) in [6.45, 7) is 6.80. The van der Waals surface area contributed by atoms with Crippen molar-refractivity contribution in [3.63, 3.8) is 0 Å². The Hall–Kier alpha value is -3.13. The first-order chi connectivity index (χ1) is 15.8. The van der Waals surface area contributed by atoms with Crippen LogP contribution >= 0.6 is 11.3 Å². The molecule has 1 aliphatic heterocycles. The van der Waals surface area contributed by atoms with E-state index in [-0.39, 0.29) is 23.5 Å². The van der Waals surface area contributed by atoms with Gasteiger partial charge in [-0.3, -0.25) is 9.59 Å². The molecule has 2 N–H and O–H groups in total. The largest absolute Gasteiger partial charge is 0.505 e. The molecule has 2 amide bonds. The average molecular weight is 468 g/mol. The van der Waals surface area contributed by atoms with Crippen molar-refractivity contribution < 1.29 is 19.1 Å². The Labute approximate surface area is 197 Å². The molecule has 0 spiro atoms. The summed E-state index contributed by atoms with van der Waals surface area (Å²) in [6.07, 6.45) is 2.64. The predicted molar refractivity (Wildman–Crippen MR) is 127 cm³/mol. The van der Waals surface area contributed by atoms with Gasteiger partial charge in [-0.15, -0.1) is 11.3 Å². The summed E-state index contributed by atoms with van der Waals surface area (Å²) in [7, 11) is 0. The van der Waals surface area contributed by atoms with Gasteiger partial charge in [-0.1, -0.05) is 38.1 Å². The quantitative estimate of drug-likeness (QED) is 0.535. The molecule has 0 saturated carbocycles. The van der Waals surface area contributed by atoms with Crippen molar-refractivity contribution in [1.29, 1.82) is 0 Å². The minimum Gasteiger partial charge on any atom is -0.505 e. The second kappa shape index (κ2) is 9.79. The van der Waals surface area contributed by atoms with E-state index in [9.17, 15) is 14.7 Å². The number of nitrogens with one attached hydrogen (secondary N) is 1. The lowest BCUT2D eigenvalue weighted by Crippen LogP contribution is -2.47. The molecule has 1 aromatic carbocycles. The molecule has 1 unspecified atom stereocenters. The SMILES string of the molecule is Cc1ncsc1-c1ccc(CNC(=O)[C@@H]2CCCN2C(=O)C(c2cc(O)co2)C(C)C)cc1. The molecule has 0 radical (unpaired) electrons. The van der Waals surface area contributed by atoms with E-state index in [1.54, 1.807) is 16.2 Å². The van der Waals surface area contributed by atoms with Crippen LogP contribution < -0.4 is 5.32 Å². The first-order valence-corrected chi connectivity index (χ1v) is 12.1. The Bertz CT molecular complexity index is 1120. The molecule has 2 atom stereocenters. The van der Waals surface area contributed by atoms with E-state index in [0.29, 0.717) is 25.3 Å². The Morgan fingerprint density at radius 1 is 1.30 bits per heavy atom. The smallest absolute Gasteiger partial charge is 0.243 e. The lowest BCUT2D eigenvalue weighted by Gasteiger charge is -2.29. The van der Waals surface area contributed by atoms with Crippen LogP contribution in [-0.4, -0.2) is 39.4 Å². The van der Waals surface area contributed by atoms with E-state index >= 15 is 0 Å². The normalized spacial score (nSPS) is 16.8. The second-order valence-electron chi connectivity index (χ2n) is 8.80. The second-order valence-corrected chi connectivity index (χ2v) is 9.66. The van der Waals surface area contributed by atoms with E-state index in [2.05, 4.69) is 10.3 Å². The third-order valence-electron chi connectivity index (χ3n) is 6.11. The average Bonchev–Trinajstić information content (AvgIpc) is 3.53. The molecule has 3 aromatic rings. The molecular weight excluding hydrogens is 438 g/mol. The molecule has 3 heterocycles. The summed E-state index contributed by atoms with van der Waals surface area (Å²) in [5.41, 5.74) is 4.96. The fourth-order valence-electron chi connectivity index (χ4n) is 4.38. The van der Waals surface area contributed by atoms with Crippen molar-refractivity contribution >= 4 is 23.2 Å². The van der Waals surface area contributed by atoms with Gasteiger partial charge in [0.2, 0.25) is 11.8 Å². The summed E-state index contributed by atoms with van der Waals surface area (Å²) in [5.74, 6) is -0.435. The molecule has 8 heteroatoms. The Morgan fingerprint density at radius 3 is 2.67 bits per heavy atom. The molecular formula is C25H29N3O4S. The molecule has 4 rings (SSSR count). The number of nitrogens with zero attached hydrogens (tertiary/aromatic N) is 2. The highest BCUT2D eigenvalue weighted by Gasteiger charge is 2.39. The number of aromatic nitrogens is 1. The number of amides is 2. The monoisotopic (exact) mass is 467 g/mol. The summed E-state index contributed by atoms with van der Waals surface area (Å²) in [5, 5.41) is 12.6. The van der Waals surface area contributed by atoms with E-state index in [1.165, 1.54) is 12.3 Å². The molecule has 0 aliphatic carbocycles. The van der Waals surface area contributed by atoms with Crippen LogP contribution in [0.4, 0.5) is 0 Å². The summed E-state index contributed by atoms with van der Waals surface area (Å²) >= 11 is 1.61. The van der Waals surface area contributed by atoms with Crippen molar-refractivity contribution in [3.8, 4) is 16.2 Å². The van der Waals surface area contributed by atoms with E-state index in [4.69, 9.17) is 4.42 Å². The van der Waals surface area contributed by atoms with Gasteiger partial charge in [-0.2, -0.15) is 0 Å². The number of carbonyl (C=O) groups excluding carboxylic acids is 2. The van der Waals surface area contributed by atoms with Gasteiger partial charge in [0.1, 0.15) is 18.1 Å². The van der Waals surface area contributed by atoms with Gasteiger partial charge >= 0.3 is 0 Å². The molecule has 2 aromatic heterocycles. The maximum absolute atomic E-state index is 13.4. The van der Waals surface area contributed by atoms with Crippen LogP contribution in [0, 0.1) is 12.8 Å². The minimum absolute atomic E-state index is 0.00399. The van der Waals surface area contributed by atoms with Crippen LogP contribution in [0.5, 0.6) is 5.75 Å². The minimum atomic E-state index is -0.540. The van der Waals surface area contributed by atoms with Crippen molar-refractivity contribution in [2.45, 2.75) is 52.1 Å². The van der Waals surface area contributed by atoms with Gasteiger partial charge in [0.05, 0.1) is 22.0 Å². The predicted octanol–water partition coefficient (Wildman–Crippen LogP) is 4.46. The number of aromatic hydroxyl groups is 1. The number of benzene rings is 1. The summed E-state index contributed by atoms with van der Waals surface area (Å²) < 4.78 is 5.41. The van der Waals surface area contributed by atoms with E-state index < -0.39 is 12.0 Å². The Balaban J connectivity index is 1.40. The molecule has 7 nitrogen and oxygen atoms in total. The number of furan rings is 1. The van der Waals surface area contributed by atoms with Crippen molar-refractivity contribution in [1.82, 2.24) is 15.2 Å². The Morgan fingerprint density at radius 2 is 2.06 bits per heavy atom. The first kappa shape index (κ1) is 23.0. The van der Waals surface area contributed by atoms with E-state index in [0.717, 1.165) is 28.1 Å². The highest BCUT2D eigenvalue weighted by atomic mass is 32.1. The Kier molecular flexibility index (Phi) is 6.83. The maximum atomic E-state index is 13.4. The van der Waals surface area contributed by atoms with Gasteiger partial charge in [0.25, 0.3) is 0 Å². The van der Waals surface area contributed by atoms with Crippen LogP contribution in [0.3, 0.4) is 0 Å². The van der Waals surface area contributed by atoms with E-state index in [1.807, 2.05) is 50.5 Å². The summed E-state index contributed by atoms with van der Waals surface area (Å²) in [6, 6.07) is 9.07. The van der Waals surface area contributed by atoms with Crippen LogP contribution in [0.2, 0.25) is 0 Å². The summed E-state index contributed by atoms with van der Waals surface area (Å²) in [4.78, 5) is 33.5. The zero-order valence-corrected chi connectivity index (χ0v) is 19.9. The van der Waals surface area contributed by atoms with Gasteiger partial charge in [0, 0.05) is 19.2 Å². The zero-order chi connectivity index (χ0) is 23.5. The molecule has 1 aliphatic rings. The van der Waals surface area contributed by atoms with Gasteiger partial charge in [0.15, 0.2) is 5.75 Å². The fraction of sp³-hybridized carbons (Fsp3) is 0.400. The van der Waals surface area contributed by atoms with Crippen LogP contribution in [0.25, 0.3) is 10.4 Å². The lowest BCUT2D eigenvalue weighted by molar-refractivity contribution is -0.140. The number of hydrogen-bond donors (Lipinski definition) is 2. The maximum Gasteiger partial charge on any atom is 0.243 e.